The predicted octanol–water partition coefficient (Wildman–Crippen LogP) is 1.95. The molecule has 18 heavy (non-hydrogen) atoms. The first-order chi connectivity index (χ1) is 8.50. The van der Waals surface area contributed by atoms with E-state index in [9.17, 15) is 4.79 Å². The average molecular weight is 250 g/mol. The van der Waals surface area contributed by atoms with Crippen molar-refractivity contribution in [3.05, 3.63) is 29.8 Å². The quantitative estimate of drug-likeness (QED) is 0.785. The predicted molar refractivity (Wildman–Crippen MR) is 72.5 cm³/mol. The van der Waals surface area contributed by atoms with E-state index in [1.165, 1.54) is 0 Å². The van der Waals surface area contributed by atoms with Crippen molar-refractivity contribution in [1.29, 1.82) is 0 Å². The van der Waals surface area contributed by atoms with Crippen molar-refractivity contribution in [3.63, 3.8) is 0 Å². The largest absolute Gasteiger partial charge is 0.494 e. The molecule has 4 heteroatoms. The summed E-state index contributed by atoms with van der Waals surface area (Å²) in [5.41, 5.74) is 6.86. The molecular weight excluding hydrogens is 228 g/mol. The van der Waals surface area contributed by atoms with E-state index < -0.39 is 0 Å². The lowest BCUT2D eigenvalue weighted by Crippen LogP contribution is -2.21. The molecule has 0 bridgehead atoms. The maximum Gasteiger partial charge on any atom is 0.222 e. The summed E-state index contributed by atoms with van der Waals surface area (Å²) in [5.74, 6) is 0.935. The Balaban J connectivity index is 2.35. The molecule has 1 atom stereocenters. The Kier molecular flexibility index (Phi) is 5.65. The molecule has 0 aliphatic rings. The van der Waals surface area contributed by atoms with Crippen molar-refractivity contribution in [2.45, 2.75) is 25.8 Å². The smallest absolute Gasteiger partial charge is 0.222 e. The molecule has 0 saturated heterocycles. The second kappa shape index (κ2) is 7.01. The summed E-state index contributed by atoms with van der Waals surface area (Å²) >= 11 is 0. The number of amides is 1. The van der Waals surface area contributed by atoms with Crippen LogP contribution < -0.4 is 10.5 Å². The van der Waals surface area contributed by atoms with Crippen LogP contribution in [0.3, 0.4) is 0 Å². The van der Waals surface area contributed by atoms with Gasteiger partial charge >= 0.3 is 0 Å². The molecule has 0 aliphatic carbocycles. The molecule has 100 valence electrons. The number of nitrogens with two attached hydrogens (primary N) is 1. The maximum absolute atomic E-state index is 11.4. The molecular formula is C14H22N2O2. The summed E-state index contributed by atoms with van der Waals surface area (Å²) in [5, 5.41) is 0. The third kappa shape index (κ3) is 4.75. The van der Waals surface area contributed by atoms with Crippen LogP contribution in [-0.2, 0) is 4.79 Å². The summed E-state index contributed by atoms with van der Waals surface area (Å²) in [6, 6.07) is 7.76. The van der Waals surface area contributed by atoms with Gasteiger partial charge in [0.05, 0.1) is 6.61 Å². The summed E-state index contributed by atoms with van der Waals surface area (Å²) in [6.07, 6.45) is 1.24. The van der Waals surface area contributed by atoms with Crippen LogP contribution in [0.15, 0.2) is 24.3 Å². The lowest BCUT2D eigenvalue weighted by Gasteiger charge is -2.11. The van der Waals surface area contributed by atoms with E-state index in [0.717, 1.165) is 17.7 Å². The van der Waals surface area contributed by atoms with Crippen LogP contribution in [0.25, 0.3) is 0 Å². The molecule has 0 aliphatic heterocycles. The average Bonchev–Trinajstić information content (AvgIpc) is 2.34. The Morgan fingerprint density at radius 2 is 2.17 bits per heavy atom. The van der Waals surface area contributed by atoms with E-state index in [4.69, 9.17) is 10.5 Å². The Morgan fingerprint density at radius 1 is 1.44 bits per heavy atom. The summed E-state index contributed by atoms with van der Waals surface area (Å²) in [4.78, 5) is 12.9. The highest BCUT2D eigenvalue weighted by Gasteiger charge is 2.04. The van der Waals surface area contributed by atoms with Crippen molar-refractivity contribution in [1.82, 2.24) is 4.90 Å². The fourth-order valence-corrected chi connectivity index (χ4v) is 1.52. The number of benzene rings is 1. The highest BCUT2D eigenvalue weighted by atomic mass is 16.5. The van der Waals surface area contributed by atoms with Crippen LogP contribution in [0, 0.1) is 0 Å². The molecule has 0 heterocycles. The molecule has 0 aromatic heterocycles. The van der Waals surface area contributed by atoms with Crippen molar-refractivity contribution in [2.75, 3.05) is 20.7 Å². The first kappa shape index (κ1) is 14.5. The number of nitrogens with zero attached hydrogens (tertiary/aromatic N) is 1. The van der Waals surface area contributed by atoms with Crippen LogP contribution in [0.4, 0.5) is 0 Å². The van der Waals surface area contributed by atoms with E-state index in [1.54, 1.807) is 19.0 Å². The van der Waals surface area contributed by atoms with Gasteiger partial charge in [-0.25, -0.2) is 0 Å². The van der Waals surface area contributed by atoms with Gasteiger partial charge in [0.1, 0.15) is 5.75 Å². The highest BCUT2D eigenvalue weighted by molar-refractivity contribution is 5.75. The highest BCUT2D eigenvalue weighted by Crippen LogP contribution is 2.17. The molecule has 1 aromatic carbocycles. The minimum atomic E-state index is 0.00358. The van der Waals surface area contributed by atoms with Crippen LogP contribution in [0.2, 0.25) is 0 Å². The number of hydrogen-bond acceptors (Lipinski definition) is 3. The number of rotatable bonds is 6. The number of hydrogen-bond donors (Lipinski definition) is 1. The lowest BCUT2D eigenvalue weighted by molar-refractivity contribution is -0.128. The topological polar surface area (TPSA) is 55.6 Å². The van der Waals surface area contributed by atoms with Crippen LogP contribution in [0.5, 0.6) is 5.75 Å². The van der Waals surface area contributed by atoms with Crippen molar-refractivity contribution in [2.24, 2.45) is 5.73 Å². The van der Waals surface area contributed by atoms with Gasteiger partial charge in [0.2, 0.25) is 5.91 Å². The lowest BCUT2D eigenvalue weighted by atomic mass is 10.1. The Bertz CT molecular complexity index is 389. The van der Waals surface area contributed by atoms with Crippen LogP contribution in [0.1, 0.15) is 31.4 Å². The van der Waals surface area contributed by atoms with Gasteiger partial charge in [-0.2, -0.15) is 0 Å². The second-order valence-electron chi connectivity index (χ2n) is 4.60. The SMILES string of the molecule is CC(N)c1cccc(OCCCC(=O)N(C)C)c1. The fraction of sp³-hybridized carbons (Fsp3) is 0.500. The zero-order valence-corrected chi connectivity index (χ0v) is 11.3. The zero-order chi connectivity index (χ0) is 13.5. The molecule has 1 aromatic rings. The van der Waals surface area contributed by atoms with E-state index in [2.05, 4.69) is 0 Å². The van der Waals surface area contributed by atoms with Gasteiger partial charge in [0, 0.05) is 26.6 Å². The zero-order valence-electron chi connectivity index (χ0n) is 11.3. The summed E-state index contributed by atoms with van der Waals surface area (Å²) in [6.45, 7) is 2.48. The maximum atomic E-state index is 11.4. The Labute approximate surface area is 109 Å². The fourth-order valence-electron chi connectivity index (χ4n) is 1.52. The first-order valence-electron chi connectivity index (χ1n) is 6.19. The standard InChI is InChI=1S/C14H22N2O2/c1-11(15)12-6-4-7-13(10-12)18-9-5-8-14(17)16(2)3/h4,6-7,10-11H,5,8-9,15H2,1-3H3. The molecule has 0 spiro atoms. The van der Waals surface area contributed by atoms with E-state index in [0.29, 0.717) is 13.0 Å². The third-order valence-corrected chi connectivity index (χ3v) is 2.69. The van der Waals surface area contributed by atoms with E-state index in [1.807, 2.05) is 31.2 Å². The van der Waals surface area contributed by atoms with Gasteiger partial charge in [-0.3, -0.25) is 4.79 Å². The van der Waals surface area contributed by atoms with Gasteiger partial charge in [-0.05, 0) is 31.0 Å². The third-order valence-electron chi connectivity index (χ3n) is 2.69. The molecule has 0 saturated carbocycles. The Morgan fingerprint density at radius 3 is 2.78 bits per heavy atom. The molecule has 0 fully saturated rings. The summed E-state index contributed by atoms with van der Waals surface area (Å²) in [7, 11) is 3.52. The first-order valence-corrected chi connectivity index (χ1v) is 6.19. The van der Waals surface area contributed by atoms with Crippen LogP contribution in [-0.4, -0.2) is 31.5 Å². The van der Waals surface area contributed by atoms with Gasteiger partial charge in [-0.15, -0.1) is 0 Å². The van der Waals surface area contributed by atoms with Gasteiger partial charge < -0.3 is 15.4 Å². The van der Waals surface area contributed by atoms with Gasteiger partial charge in [0.15, 0.2) is 0 Å². The van der Waals surface area contributed by atoms with Crippen molar-refractivity contribution < 1.29 is 9.53 Å². The van der Waals surface area contributed by atoms with E-state index in [-0.39, 0.29) is 11.9 Å². The number of carbonyl (C=O) groups is 1. The molecule has 4 nitrogen and oxygen atoms in total. The van der Waals surface area contributed by atoms with E-state index >= 15 is 0 Å². The minimum absolute atomic E-state index is 0.00358. The minimum Gasteiger partial charge on any atom is -0.494 e. The Hall–Kier alpha value is -1.55. The van der Waals surface area contributed by atoms with Gasteiger partial charge in [0.25, 0.3) is 0 Å². The summed E-state index contributed by atoms with van der Waals surface area (Å²) < 4.78 is 5.60. The van der Waals surface area contributed by atoms with Crippen molar-refractivity contribution in [3.8, 4) is 5.75 Å². The molecule has 1 unspecified atom stereocenters. The monoisotopic (exact) mass is 250 g/mol. The molecule has 0 radical (unpaired) electrons. The van der Waals surface area contributed by atoms with Crippen LogP contribution >= 0.6 is 0 Å². The molecule has 1 rings (SSSR count). The van der Waals surface area contributed by atoms with Crippen molar-refractivity contribution >= 4 is 5.91 Å². The normalized spacial score (nSPS) is 12.0. The molecule has 2 N–H and O–H groups in total. The number of ether oxygens (including phenoxy) is 1. The molecule has 1 amide bonds. The second-order valence-corrected chi connectivity index (χ2v) is 4.60. The van der Waals surface area contributed by atoms with Gasteiger partial charge in [-0.1, -0.05) is 12.1 Å². The number of carbonyl (C=O) groups excluding carboxylic acids is 1.